The SMILES string of the molecule is C=CC(C)CCC=C(C)CCC=C(C)C. The van der Waals surface area contributed by atoms with Gasteiger partial charge in [0.2, 0.25) is 0 Å². The van der Waals surface area contributed by atoms with Crippen molar-refractivity contribution >= 4 is 0 Å². The molecule has 0 aromatic rings. The molecule has 86 valence electrons. The van der Waals surface area contributed by atoms with Crippen molar-refractivity contribution in [3.8, 4) is 0 Å². The quantitative estimate of drug-likeness (QED) is 0.497. The van der Waals surface area contributed by atoms with E-state index in [4.69, 9.17) is 0 Å². The monoisotopic (exact) mass is 206 g/mol. The zero-order valence-electron chi connectivity index (χ0n) is 10.8. The van der Waals surface area contributed by atoms with Crippen LogP contribution in [0.4, 0.5) is 0 Å². The molecule has 1 unspecified atom stereocenters. The average molecular weight is 206 g/mol. The zero-order chi connectivity index (χ0) is 11.7. The highest BCUT2D eigenvalue weighted by Gasteiger charge is 1.94. The van der Waals surface area contributed by atoms with E-state index in [0.717, 1.165) is 0 Å². The van der Waals surface area contributed by atoms with Crippen LogP contribution in [0.1, 0.15) is 53.4 Å². The molecule has 0 aliphatic rings. The fourth-order valence-corrected chi connectivity index (χ4v) is 1.40. The maximum Gasteiger partial charge on any atom is -0.0262 e. The van der Waals surface area contributed by atoms with Gasteiger partial charge in [-0.1, -0.05) is 36.3 Å². The van der Waals surface area contributed by atoms with E-state index in [9.17, 15) is 0 Å². The van der Waals surface area contributed by atoms with Crippen molar-refractivity contribution in [2.45, 2.75) is 53.4 Å². The van der Waals surface area contributed by atoms with E-state index in [-0.39, 0.29) is 0 Å². The maximum absolute atomic E-state index is 3.80. The van der Waals surface area contributed by atoms with Crippen molar-refractivity contribution in [3.05, 3.63) is 36.0 Å². The van der Waals surface area contributed by atoms with E-state index in [1.54, 1.807) is 0 Å². The molecule has 0 aromatic heterocycles. The number of hydrogen-bond donors (Lipinski definition) is 0. The molecule has 0 heteroatoms. The molecule has 0 saturated heterocycles. The summed E-state index contributed by atoms with van der Waals surface area (Å²) in [5.41, 5.74) is 2.94. The normalized spacial score (nSPS) is 13.5. The minimum absolute atomic E-state index is 0.645. The Hall–Kier alpha value is -0.780. The summed E-state index contributed by atoms with van der Waals surface area (Å²) in [4.78, 5) is 0. The molecule has 0 rings (SSSR count). The summed E-state index contributed by atoms with van der Waals surface area (Å²) in [6, 6.07) is 0. The molecule has 0 saturated carbocycles. The molecule has 1 atom stereocenters. The number of allylic oxidation sites excluding steroid dienone is 5. The molecular weight excluding hydrogens is 180 g/mol. The van der Waals surface area contributed by atoms with Gasteiger partial charge in [0.1, 0.15) is 0 Å². The van der Waals surface area contributed by atoms with Crippen molar-refractivity contribution in [1.82, 2.24) is 0 Å². The minimum Gasteiger partial charge on any atom is -0.103 e. The summed E-state index contributed by atoms with van der Waals surface area (Å²) < 4.78 is 0. The molecule has 0 heterocycles. The van der Waals surface area contributed by atoms with Gasteiger partial charge in [-0.15, -0.1) is 6.58 Å². The molecule has 0 nitrogen and oxygen atoms in total. The molecule has 0 radical (unpaired) electrons. The molecule has 0 spiro atoms. The third-order valence-electron chi connectivity index (χ3n) is 2.61. The Morgan fingerprint density at radius 3 is 2.33 bits per heavy atom. The topological polar surface area (TPSA) is 0 Å². The first-order valence-electron chi connectivity index (χ1n) is 5.97. The Kier molecular flexibility index (Phi) is 8.08. The molecule has 0 aliphatic heterocycles. The molecule has 15 heavy (non-hydrogen) atoms. The van der Waals surface area contributed by atoms with Crippen LogP contribution in [0.3, 0.4) is 0 Å². The van der Waals surface area contributed by atoms with Crippen LogP contribution in [0.5, 0.6) is 0 Å². The maximum atomic E-state index is 3.80. The summed E-state index contributed by atoms with van der Waals surface area (Å²) in [6.07, 6.45) is 11.5. The van der Waals surface area contributed by atoms with Crippen LogP contribution in [0.15, 0.2) is 36.0 Å². The third kappa shape index (κ3) is 9.52. The van der Waals surface area contributed by atoms with Crippen LogP contribution < -0.4 is 0 Å². The van der Waals surface area contributed by atoms with Crippen molar-refractivity contribution in [3.63, 3.8) is 0 Å². The Bertz CT molecular complexity index is 226. The predicted molar refractivity (Wildman–Crippen MR) is 71.0 cm³/mol. The molecule has 0 N–H and O–H groups in total. The van der Waals surface area contributed by atoms with Gasteiger partial charge in [-0.3, -0.25) is 0 Å². The van der Waals surface area contributed by atoms with Crippen molar-refractivity contribution < 1.29 is 0 Å². The van der Waals surface area contributed by atoms with E-state index in [1.807, 2.05) is 6.08 Å². The van der Waals surface area contributed by atoms with E-state index in [2.05, 4.69) is 46.4 Å². The zero-order valence-corrected chi connectivity index (χ0v) is 10.8. The highest BCUT2D eigenvalue weighted by Crippen LogP contribution is 2.11. The second-order valence-corrected chi connectivity index (χ2v) is 4.66. The van der Waals surface area contributed by atoms with E-state index >= 15 is 0 Å². The summed E-state index contributed by atoms with van der Waals surface area (Å²) in [6.45, 7) is 12.6. The van der Waals surface area contributed by atoms with Crippen LogP contribution in [0.25, 0.3) is 0 Å². The third-order valence-corrected chi connectivity index (χ3v) is 2.61. The second-order valence-electron chi connectivity index (χ2n) is 4.66. The van der Waals surface area contributed by atoms with Crippen molar-refractivity contribution in [1.29, 1.82) is 0 Å². The standard InChI is InChI=1S/C15H26/c1-6-14(4)10-8-12-15(5)11-7-9-13(2)3/h6,9,12,14H,1,7-8,10-11H2,2-5H3. The molecule has 0 aliphatic carbocycles. The van der Waals surface area contributed by atoms with Crippen molar-refractivity contribution in [2.75, 3.05) is 0 Å². The molecule has 0 aromatic carbocycles. The highest BCUT2D eigenvalue weighted by atomic mass is 14.0. The summed E-state index contributed by atoms with van der Waals surface area (Å²) in [5, 5.41) is 0. The fourth-order valence-electron chi connectivity index (χ4n) is 1.40. The summed E-state index contributed by atoms with van der Waals surface area (Å²) >= 11 is 0. The second kappa shape index (κ2) is 8.52. The lowest BCUT2D eigenvalue weighted by Crippen LogP contribution is -1.87. The van der Waals surface area contributed by atoms with E-state index in [0.29, 0.717) is 5.92 Å². The van der Waals surface area contributed by atoms with Crippen LogP contribution in [0.2, 0.25) is 0 Å². The molecule has 0 amide bonds. The van der Waals surface area contributed by atoms with Gasteiger partial charge in [-0.05, 0) is 52.4 Å². The predicted octanol–water partition coefficient (Wildman–Crippen LogP) is 5.28. The van der Waals surface area contributed by atoms with Crippen LogP contribution >= 0.6 is 0 Å². The largest absolute Gasteiger partial charge is 0.103 e. The first-order chi connectivity index (χ1) is 7.06. The number of hydrogen-bond acceptors (Lipinski definition) is 0. The lowest BCUT2D eigenvalue weighted by atomic mass is 10.0. The van der Waals surface area contributed by atoms with Crippen LogP contribution in [-0.2, 0) is 0 Å². The van der Waals surface area contributed by atoms with Gasteiger partial charge in [0.05, 0.1) is 0 Å². The van der Waals surface area contributed by atoms with Gasteiger partial charge < -0.3 is 0 Å². The van der Waals surface area contributed by atoms with Gasteiger partial charge in [-0.25, -0.2) is 0 Å². The lowest BCUT2D eigenvalue weighted by molar-refractivity contribution is 0.656. The Labute approximate surface area is 95.8 Å². The average Bonchev–Trinajstić information content (AvgIpc) is 2.17. The Balaban J connectivity index is 3.70. The van der Waals surface area contributed by atoms with E-state index < -0.39 is 0 Å². The first-order valence-corrected chi connectivity index (χ1v) is 5.97. The van der Waals surface area contributed by atoms with Crippen LogP contribution in [0, 0.1) is 5.92 Å². The Morgan fingerprint density at radius 2 is 1.80 bits per heavy atom. The van der Waals surface area contributed by atoms with Crippen molar-refractivity contribution in [2.24, 2.45) is 5.92 Å². The van der Waals surface area contributed by atoms with Gasteiger partial charge in [-0.2, -0.15) is 0 Å². The summed E-state index contributed by atoms with van der Waals surface area (Å²) in [5.74, 6) is 0.645. The smallest absolute Gasteiger partial charge is 0.0262 e. The molecule has 0 bridgehead atoms. The minimum atomic E-state index is 0.645. The molecule has 0 fully saturated rings. The van der Waals surface area contributed by atoms with Crippen LogP contribution in [-0.4, -0.2) is 0 Å². The molecular formula is C15H26. The van der Waals surface area contributed by atoms with Gasteiger partial charge >= 0.3 is 0 Å². The van der Waals surface area contributed by atoms with E-state index in [1.165, 1.54) is 36.8 Å². The number of rotatable bonds is 7. The first kappa shape index (κ1) is 14.2. The fraction of sp³-hybridized carbons (Fsp3) is 0.600. The van der Waals surface area contributed by atoms with Gasteiger partial charge in [0, 0.05) is 0 Å². The lowest BCUT2D eigenvalue weighted by Gasteiger charge is -2.03. The van der Waals surface area contributed by atoms with Gasteiger partial charge in [0.25, 0.3) is 0 Å². The Morgan fingerprint density at radius 1 is 1.13 bits per heavy atom. The van der Waals surface area contributed by atoms with Gasteiger partial charge in [0.15, 0.2) is 0 Å². The summed E-state index contributed by atoms with van der Waals surface area (Å²) in [7, 11) is 0. The highest BCUT2D eigenvalue weighted by molar-refractivity contribution is 5.02.